The number of nitrogens with one attached hydrogen (secondary N) is 1. The summed E-state index contributed by atoms with van der Waals surface area (Å²) in [6.07, 6.45) is 4.45. The van der Waals surface area contributed by atoms with Crippen molar-refractivity contribution in [3.8, 4) is 5.75 Å². The van der Waals surface area contributed by atoms with E-state index in [-0.39, 0.29) is 17.9 Å². The second kappa shape index (κ2) is 8.49. The van der Waals surface area contributed by atoms with Gasteiger partial charge in [0.05, 0.1) is 0 Å². The average Bonchev–Trinajstić information content (AvgIpc) is 2.60. The molecule has 0 aromatic heterocycles. The van der Waals surface area contributed by atoms with Crippen molar-refractivity contribution >= 4 is 17.9 Å². The van der Waals surface area contributed by atoms with Crippen LogP contribution in [0.4, 0.5) is 0 Å². The van der Waals surface area contributed by atoms with Crippen LogP contribution in [0.2, 0.25) is 0 Å². The predicted octanol–water partition coefficient (Wildman–Crippen LogP) is 2.23. The monoisotopic (exact) mass is 332 g/mol. The van der Waals surface area contributed by atoms with Gasteiger partial charge < -0.3 is 9.64 Å². The van der Waals surface area contributed by atoms with Gasteiger partial charge in [0.1, 0.15) is 11.9 Å². The molecule has 0 unspecified atom stereocenters. The molecule has 0 radical (unpaired) electrons. The molecule has 1 aliphatic heterocycles. The molecule has 6 nitrogen and oxygen atoms in total. The maximum absolute atomic E-state index is 12.0. The molecular formula is C18H24N2O4. The minimum Gasteiger partial charge on any atom is -0.490 e. The topological polar surface area (TPSA) is 78.9 Å². The number of nitrogens with zero attached hydrogens (tertiary/aromatic N) is 1. The van der Waals surface area contributed by atoms with Gasteiger partial charge >= 0.3 is 0 Å². The van der Waals surface area contributed by atoms with E-state index in [0.29, 0.717) is 18.8 Å². The van der Waals surface area contributed by atoms with Crippen molar-refractivity contribution in [2.75, 3.05) is 13.1 Å². The summed E-state index contributed by atoms with van der Waals surface area (Å²) in [5, 5.41) is 8.54. The van der Waals surface area contributed by atoms with Gasteiger partial charge in [0, 0.05) is 43.5 Å². The number of amides is 2. The Morgan fingerprint density at radius 3 is 2.58 bits per heavy atom. The highest BCUT2D eigenvalue weighted by molar-refractivity contribution is 5.91. The molecule has 2 amide bonds. The Balaban J connectivity index is 1.97. The molecule has 130 valence electrons. The van der Waals surface area contributed by atoms with Gasteiger partial charge in [-0.05, 0) is 12.1 Å². The van der Waals surface area contributed by atoms with Gasteiger partial charge in [-0.2, -0.15) is 0 Å². The van der Waals surface area contributed by atoms with E-state index in [4.69, 9.17) is 9.94 Å². The molecule has 0 aliphatic carbocycles. The maximum Gasteiger partial charge on any atom is 0.267 e. The summed E-state index contributed by atoms with van der Waals surface area (Å²) in [4.78, 5) is 25.0. The fourth-order valence-electron chi connectivity index (χ4n) is 2.67. The number of ether oxygens (including phenoxy) is 1. The molecule has 0 bridgehead atoms. The van der Waals surface area contributed by atoms with Crippen molar-refractivity contribution in [1.29, 1.82) is 0 Å². The number of para-hydroxylation sites is 1. The Labute approximate surface area is 142 Å². The minimum absolute atomic E-state index is 0.0194. The standard InChI is InChI=1S/C18H24N2O4/c1-13(2)18(22)20-11-9-15(10-12-20)24-16-6-4-3-5-14(16)7-8-17(21)19-23/h3-8,13,15,23H,9-12H2,1-2H3,(H,19,21). The average molecular weight is 332 g/mol. The van der Waals surface area contributed by atoms with Crippen molar-refractivity contribution in [3.05, 3.63) is 35.9 Å². The highest BCUT2D eigenvalue weighted by atomic mass is 16.5. The molecule has 6 heteroatoms. The predicted molar refractivity (Wildman–Crippen MR) is 90.5 cm³/mol. The van der Waals surface area contributed by atoms with Gasteiger partial charge in [-0.1, -0.05) is 32.0 Å². The van der Waals surface area contributed by atoms with Crippen LogP contribution in [0.25, 0.3) is 6.08 Å². The normalized spacial score (nSPS) is 15.8. The summed E-state index contributed by atoms with van der Waals surface area (Å²) < 4.78 is 6.06. The Morgan fingerprint density at radius 2 is 1.96 bits per heavy atom. The number of carbonyl (C=O) groups excluding carboxylic acids is 2. The third-order valence-electron chi connectivity index (χ3n) is 3.98. The zero-order valence-electron chi connectivity index (χ0n) is 14.1. The van der Waals surface area contributed by atoms with Crippen molar-refractivity contribution in [3.63, 3.8) is 0 Å². The molecule has 1 aromatic rings. The van der Waals surface area contributed by atoms with Crippen LogP contribution < -0.4 is 10.2 Å². The van der Waals surface area contributed by atoms with E-state index in [0.717, 1.165) is 18.4 Å². The Hall–Kier alpha value is -2.34. The van der Waals surface area contributed by atoms with Crippen LogP contribution in [0, 0.1) is 5.92 Å². The molecule has 2 rings (SSSR count). The van der Waals surface area contributed by atoms with E-state index in [1.807, 2.05) is 43.0 Å². The SMILES string of the molecule is CC(C)C(=O)N1CCC(Oc2ccccc2C=CC(=O)NO)CC1. The van der Waals surface area contributed by atoms with Gasteiger partial charge in [0.25, 0.3) is 5.91 Å². The summed E-state index contributed by atoms with van der Waals surface area (Å²) in [5.74, 6) is 0.302. The molecule has 1 fully saturated rings. The van der Waals surface area contributed by atoms with Gasteiger partial charge in [-0.25, -0.2) is 5.48 Å². The summed E-state index contributed by atoms with van der Waals surface area (Å²) in [6.45, 7) is 5.23. The molecule has 1 aromatic carbocycles. The molecule has 1 aliphatic rings. The second-order valence-electron chi connectivity index (χ2n) is 6.14. The van der Waals surface area contributed by atoms with Crippen molar-refractivity contribution in [1.82, 2.24) is 10.4 Å². The van der Waals surface area contributed by atoms with Crippen LogP contribution in [0.3, 0.4) is 0 Å². The number of rotatable bonds is 5. The zero-order chi connectivity index (χ0) is 17.5. The fraction of sp³-hybridized carbons (Fsp3) is 0.444. The van der Waals surface area contributed by atoms with Crippen LogP contribution in [0.1, 0.15) is 32.3 Å². The first-order valence-electron chi connectivity index (χ1n) is 8.18. The summed E-state index contributed by atoms with van der Waals surface area (Å²) in [7, 11) is 0. The lowest BCUT2D eigenvalue weighted by atomic mass is 10.1. The lowest BCUT2D eigenvalue weighted by molar-refractivity contribution is -0.136. The quantitative estimate of drug-likeness (QED) is 0.492. The fourth-order valence-corrected chi connectivity index (χ4v) is 2.67. The van der Waals surface area contributed by atoms with Crippen molar-refractivity contribution < 1.29 is 19.5 Å². The van der Waals surface area contributed by atoms with Crippen LogP contribution in [-0.4, -0.2) is 41.1 Å². The summed E-state index contributed by atoms with van der Waals surface area (Å²) in [6, 6.07) is 7.42. The first kappa shape index (κ1) is 18.0. The maximum atomic E-state index is 12.0. The molecule has 1 saturated heterocycles. The molecule has 2 N–H and O–H groups in total. The molecule has 0 atom stereocenters. The van der Waals surface area contributed by atoms with E-state index in [1.54, 1.807) is 11.6 Å². The number of likely N-dealkylation sites (tertiary alicyclic amines) is 1. The number of hydrogen-bond acceptors (Lipinski definition) is 4. The van der Waals surface area contributed by atoms with Gasteiger partial charge in [0.15, 0.2) is 0 Å². The van der Waals surface area contributed by atoms with Crippen LogP contribution in [0.15, 0.2) is 30.3 Å². The molecule has 0 saturated carbocycles. The number of benzene rings is 1. The first-order chi connectivity index (χ1) is 11.5. The van der Waals surface area contributed by atoms with Crippen LogP contribution in [0.5, 0.6) is 5.75 Å². The summed E-state index contributed by atoms with van der Waals surface area (Å²) >= 11 is 0. The van der Waals surface area contributed by atoms with E-state index in [9.17, 15) is 9.59 Å². The van der Waals surface area contributed by atoms with E-state index < -0.39 is 5.91 Å². The Bertz CT molecular complexity index is 605. The molecule has 1 heterocycles. The number of hydrogen-bond donors (Lipinski definition) is 2. The van der Waals surface area contributed by atoms with Gasteiger partial charge in [-0.15, -0.1) is 0 Å². The molecule has 0 spiro atoms. The third kappa shape index (κ3) is 4.83. The van der Waals surface area contributed by atoms with Crippen LogP contribution >= 0.6 is 0 Å². The number of piperidine rings is 1. The molecular weight excluding hydrogens is 308 g/mol. The van der Waals surface area contributed by atoms with Gasteiger partial charge in [-0.3, -0.25) is 14.8 Å². The number of hydroxylamine groups is 1. The third-order valence-corrected chi connectivity index (χ3v) is 3.98. The van der Waals surface area contributed by atoms with Gasteiger partial charge in [0.2, 0.25) is 5.91 Å². The Kier molecular flexibility index (Phi) is 6.37. The van der Waals surface area contributed by atoms with Crippen molar-refractivity contribution in [2.24, 2.45) is 5.92 Å². The highest BCUT2D eigenvalue weighted by Crippen LogP contribution is 2.24. The smallest absolute Gasteiger partial charge is 0.267 e. The largest absolute Gasteiger partial charge is 0.490 e. The van der Waals surface area contributed by atoms with Crippen LogP contribution in [-0.2, 0) is 9.59 Å². The summed E-state index contributed by atoms with van der Waals surface area (Å²) in [5.41, 5.74) is 2.32. The number of carbonyl (C=O) groups is 2. The van der Waals surface area contributed by atoms with E-state index >= 15 is 0 Å². The second-order valence-corrected chi connectivity index (χ2v) is 6.14. The Morgan fingerprint density at radius 1 is 1.29 bits per heavy atom. The highest BCUT2D eigenvalue weighted by Gasteiger charge is 2.25. The van der Waals surface area contributed by atoms with Crippen molar-refractivity contribution in [2.45, 2.75) is 32.8 Å². The molecule has 24 heavy (non-hydrogen) atoms. The zero-order valence-corrected chi connectivity index (χ0v) is 14.1. The lowest BCUT2D eigenvalue weighted by Crippen LogP contribution is -2.43. The first-order valence-corrected chi connectivity index (χ1v) is 8.18. The van der Waals surface area contributed by atoms with E-state index in [1.165, 1.54) is 6.08 Å². The lowest BCUT2D eigenvalue weighted by Gasteiger charge is -2.33. The van der Waals surface area contributed by atoms with E-state index in [2.05, 4.69) is 0 Å². The minimum atomic E-state index is -0.592.